The molecule has 0 bridgehead atoms. The fourth-order valence-electron chi connectivity index (χ4n) is 5.03. The minimum atomic E-state index is -0.126. The molecule has 0 spiro atoms. The molecule has 38 heavy (non-hydrogen) atoms. The first kappa shape index (κ1) is 24.6. The summed E-state index contributed by atoms with van der Waals surface area (Å²) in [6, 6.07) is 17.8. The van der Waals surface area contributed by atoms with Crippen LogP contribution >= 0.6 is 11.3 Å². The lowest BCUT2D eigenvalue weighted by molar-refractivity contribution is 0.0729. The van der Waals surface area contributed by atoms with E-state index < -0.39 is 0 Å². The van der Waals surface area contributed by atoms with Gasteiger partial charge in [0.2, 0.25) is 0 Å². The van der Waals surface area contributed by atoms with Crippen molar-refractivity contribution in [2.24, 2.45) is 0 Å². The molecule has 1 fully saturated rings. The van der Waals surface area contributed by atoms with Gasteiger partial charge in [-0.25, -0.2) is 0 Å². The van der Waals surface area contributed by atoms with Crippen molar-refractivity contribution in [2.75, 3.05) is 40.6 Å². The van der Waals surface area contributed by atoms with Gasteiger partial charge in [-0.05, 0) is 41.3 Å². The van der Waals surface area contributed by atoms with E-state index in [1.807, 2.05) is 0 Å². The van der Waals surface area contributed by atoms with Gasteiger partial charge in [0.25, 0.3) is 5.91 Å². The van der Waals surface area contributed by atoms with Gasteiger partial charge in [0.1, 0.15) is 24.2 Å². The molecule has 1 amide bonds. The van der Waals surface area contributed by atoms with E-state index in [1.54, 1.807) is 48.7 Å². The van der Waals surface area contributed by atoms with Gasteiger partial charge < -0.3 is 28.6 Å². The maximum absolute atomic E-state index is 13.7. The number of rotatable bonds is 6. The van der Waals surface area contributed by atoms with Crippen LogP contribution in [0.1, 0.15) is 22.3 Å². The van der Waals surface area contributed by atoms with Gasteiger partial charge in [0.15, 0.2) is 11.5 Å². The molecule has 1 unspecified atom stereocenters. The van der Waals surface area contributed by atoms with E-state index >= 15 is 0 Å². The fourth-order valence-corrected chi connectivity index (χ4v) is 6.00. The van der Waals surface area contributed by atoms with Crippen molar-refractivity contribution < 1.29 is 28.5 Å². The molecule has 0 saturated carbocycles. The predicted octanol–water partition coefficient (Wildman–Crippen LogP) is 5.79. The highest BCUT2D eigenvalue weighted by molar-refractivity contribution is 7.17. The Labute approximate surface area is 225 Å². The molecule has 1 aromatic heterocycles. The monoisotopic (exact) mass is 531 g/mol. The zero-order valence-electron chi connectivity index (χ0n) is 21.4. The van der Waals surface area contributed by atoms with Crippen molar-refractivity contribution in [3.8, 4) is 34.1 Å². The maximum Gasteiger partial charge on any atom is 0.258 e. The topological polar surface area (TPSA) is 66.5 Å². The average Bonchev–Trinajstić information content (AvgIpc) is 3.57. The Morgan fingerprint density at radius 3 is 2.74 bits per heavy atom. The van der Waals surface area contributed by atoms with E-state index in [9.17, 15) is 4.79 Å². The van der Waals surface area contributed by atoms with E-state index in [2.05, 4.69) is 41.8 Å². The number of carbonyl (C=O) groups is 1. The first-order valence-corrected chi connectivity index (χ1v) is 13.5. The predicted molar refractivity (Wildman–Crippen MR) is 147 cm³/mol. The van der Waals surface area contributed by atoms with Crippen molar-refractivity contribution in [3.05, 3.63) is 71.1 Å². The Hall–Kier alpha value is -3.75. The Morgan fingerprint density at radius 1 is 1.03 bits per heavy atom. The summed E-state index contributed by atoms with van der Waals surface area (Å²) in [5, 5.41) is 3.37. The van der Waals surface area contributed by atoms with Crippen LogP contribution in [0.2, 0.25) is 0 Å². The number of thiophene rings is 1. The van der Waals surface area contributed by atoms with Crippen LogP contribution in [0.4, 0.5) is 0 Å². The number of benzene rings is 3. The van der Waals surface area contributed by atoms with Crippen LogP contribution in [0.15, 0.2) is 60.0 Å². The fraction of sp³-hybridized carbons (Fsp3) is 0.300. The van der Waals surface area contributed by atoms with Crippen molar-refractivity contribution in [1.29, 1.82) is 0 Å². The summed E-state index contributed by atoms with van der Waals surface area (Å²) in [4.78, 5) is 15.5. The van der Waals surface area contributed by atoms with E-state index in [1.165, 1.54) is 10.1 Å². The number of hydrogen-bond donors (Lipinski definition) is 0. The van der Waals surface area contributed by atoms with Crippen molar-refractivity contribution in [2.45, 2.75) is 19.1 Å². The zero-order chi connectivity index (χ0) is 26.1. The van der Waals surface area contributed by atoms with Crippen molar-refractivity contribution in [1.82, 2.24) is 4.90 Å². The Bertz CT molecular complexity index is 1480. The minimum Gasteiger partial charge on any atom is -0.497 e. The molecule has 3 aromatic carbocycles. The standard InChI is InChI=1S/C30H29NO6S/c1-33-21-7-8-24(26(15-21)34-2)30(32)31-10-12-36-29-20(16-31)13-19(14-27(29)37-22-9-11-35-17-22)25-18-38-28-6-4-3-5-23(25)28/h3-8,13-15,18,22H,9-12,16-17H2,1-2H3. The molecule has 0 N–H and O–H groups in total. The number of nitrogens with zero attached hydrogens (tertiary/aromatic N) is 1. The van der Waals surface area contributed by atoms with E-state index in [0.717, 1.165) is 23.1 Å². The molecule has 4 aromatic rings. The highest BCUT2D eigenvalue weighted by Gasteiger charge is 2.28. The SMILES string of the molecule is COc1ccc(C(=O)N2CCOc3c(cc(-c4csc5ccccc45)cc3OC3CCOC3)C2)c(OC)c1. The van der Waals surface area contributed by atoms with Gasteiger partial charge in [0.05, 0.1) is 39.5 Å². The second-order valence-corrected chi connectivity index (χ2v) is 10.3. The van der Waals surface area contributed by atoms with Gasteiger partial charge in [-0.3, -0.25) is 4.79 Å². The summed E-state index contributed by atoms with van der Waals surface area (Å²) in [7, 11) is 3.14. The van der Waals surface area contributed by atoms with Gasteiger partial charge in [-0.15, -0.1) is 11.3 Å². The molecular weight excluding hydrogens is 502 g/mol. The normalized spacial score (nSPS) is 17.0. The molecule has 7 nitrogen and oxygen atoms in total. The van der Waals surface area contributed by atoms with Gasteiger partial charge in [-0.1, -0.05) is 18.2 Å². The Kier molecular flexibility index (Phi) is 6.82. The average molecular weight is 532 g/mol. The molecule has 2 aliphatic rings. The van der Waals surface area contributed by atoms with Gasteiger partial charge in [-0.2, -0.15) is 0 Å². The number of hydrogen-bond acceptors (Lipinski definition) is 7. The quantitative estimate of drug-likeness (QED) is 0.314. The molecule has 3 heterocycles. The summed E-state index contributed by atoms with van der Waals surface area (Å²) < 4.78 is 30.3. The molecule has 1 saturated heterocycles. The lowest BCUT2D eigenvalue weighted by Crippen LogP contribution is -2.32. The van der Waals surface area contributed by atoms with Crippen LogP contribution in [0.3, 0.4) is 0 Å². The number of ether oxygens (including phenoxy) is 5. The molecule has 8 heteroatoms. The number of amides is 1. The van der Waals surface area contributed by atoms with Crippen molar-refractivity contribution in [3.63, 3.8) is 0 Å². The second kappa shape index (κ2) is 10.6. The summed E-state index contributed by atoms with van der Waals surface area (Å²) in [5.74, 6) is 2.37. The third kappa shape index (κ3) is 4.66. The van der Waals surface area contributed by atoms with E-state index in [-0.39, 0.29) is 12.0 Å². The van der Waals surface area contributed by atoms with Crippen LogP contribution in [0.25, 0.3) is 21.2 Å². The number of methoxy groups -OCH3 is 2. The third-order valence-electron chi connectivity index (χ3n) is 7.00. The van der Waals surface area contributed by atoms with Crippen LogP contribution < -0.4 is 18.9 Å². The summed E-state index contributed by atoms with van der Waals surface area (Å²) in [6.07, 6.45) is 0.809. The number of carbonyl (C=O) groups excluding carboxylic acids is 1. The largest absolute Gasteiger partial charge is 0.497 e. The molecule has 6 rings (SSSR count). The molecular formula is C30H29NO6S. The molecule has 1 atom stereocenters. The summed E-state index contributed by atoms with van der Waals surface area (Å²) in [6.45, 7) is 2.43. The first-order valence-electron chi connectivity index (χ1n) is 12.7. The third-order valence-corrected chi connectivity index (χ3v) is 7.96. The first-order chi connectivity index (χ1) is 18.6. The van der Waals surface area contributed by atoms with Gasteiger partial charge >= 0.3 is 0 Å². The second-order valence-electron chi connectivity index (χ2n) is 9.35. The Balaban J connectivity index is 1.40. The molecule has 2 aliphatic heterocycles. The van der Waals surface area contributed by atoms with Gasteiger partial charge in [0, 0.05) is 40.2 Å². The minimum absolute atomic E-state index is 0.0262. The Morgan fingerprint density at radius 2 is 1.92 bits per heavy atom. The van der Waals surface area contributed by atoms with Crippen LogP contribution in [-0.4, -0.2) is 57.5 Å². The molecule has 0 radical (unpaired) electrons. The maximum atomic E-state index is 13.7. The highest BCUT2D eigenvalue weighted by atomic mass is 32.1. The van der Waals surface area contributed by atoms with Crippen LogP contribution in [0, 0.1) is 0 Å². The molecule has 0 aliphatic carbocycles. The zero-order valence-corrected chi connectivity index (χ0v) is 22.2. The van der Waals surface area contributed by atoms with E-state index in [4.69, 9.17) is 23.7 Å². The van der Waals surface area contributed by atoms with Crippen LogP contribution in [-0.2, 0) is 11.3 Å². The lowest BCUT2D eigenvalue weighted by Gasteiger charge is -2.22. The molecule has 196 valence electrons. The lowest BCUT2D eigenvalue weighted by atomic mass is 10.0. The summed E-state index contributed by atoms with van der Waals surface area (Å²) in [5.41, 5.74) is 3.57. The van der Waals surface area contributed by atoms with Crippen LogP contribution in [0.5, 0.6) is 23.0 Å². The number of fused-ring (bicyclic) bond motifs is 2. The van der Waals surface area contributed by atoms with E-state index in [0.29, 0.717) is 61.5 Å². The van der Waals surface area contributed by atoms with Crippen molar-refractivity contribution >= 4 is 27.3 Å². The smallest absolute Gasteiger partial charge is 0.258 e. The highest BCUT2D eigenvalue weighted by Crippen LogP contribution is 2.43. The summed E-state index contributed by atoms with van der Waals surface area (Å²) >= 11 is 1.72.